The van der Waals surface area contributed by atoms with E-state index in [0.29, 0.717) is 0 Å². The van der Waals surface area contributed by atoms with Crippen LogP contribution in [0.1, 0.15) is 17.9 Å². The largest absolute Gasteiger partial charge is 0.496 e. The van der Waals surface area contributed by atoms with Gasteiger partial charge in [0.15, 0.2) is 0 Å². The third-order valence-electron chi connectivity index (χ3n) is 5.52. The Hall–Kier alpha value is -1.27. The van der Waals surface area contributed by atoms with Gasteiger partial charge in [-0.2, -0.15) is 0 Å². The molecule has 1 aliphatic carbocycles. The predicted molar refractivity (Wildman–Crippen MR) is 112 cm³/mol. The third kappa shape index (κ3) is 3.95. The lowest BCUT2D eigenvalue weighted by Gasteiger charge is -2.36. The Kier molecular flexibility index (Phi) is 5.17. The average Bonchev–Trinajstić information content (AvgIpc) is 3.43. The van der Waals surface area contributed by atoms with Crippen LogP contribution in [0.5, 0.6) is 5.75 Å². The van der Waals surface area contributed by atoms with Gasteiger partial charge in [0.05, 0.1) is 10.7 Å². The fraction of sp³-hybridized carbons (Fsp3) is 0.429. The SMILES string of the molecule is COc1cc(N2CCN(C[C@H]3C[C@@H]3c3ccccc3)CC2)ccc1I. The van der Waals surface area contributed by atoms with Gasteiger partial charge in [-0.3, -0.25) is 4.90 Å². The first-order chi connectivity index (χ1) is 12.2. The van der Waals surface area contributed by atoms with Crippen molar-refractivity contribution in [2.45, 2.75) is 12.3 Å². The highest BCUT2D eigenvalue weighted by Gasteiger charge is 2.39. The first-order valence-electron chi connectivity index (χ1n) is 9.10. The van der Waals surface area contributed by atoms with Crippen LogP contribution in [0.25, 0.3) is 0 Å². The van der Waals surface area contributed by atoms with Crippen LogP contribution in [0, 0.1) is 9.49 Å². The number of ether oxygens (including phenoxy) is 1. The summed E-state index contributed by atoms with van der Waals surface area (Å²) < 4.78 is 6.64. The molecule has 3 nitrogen and oxygen atoms in total. The molecule has 2 fully saturated rings. The van der Waals surface area contributed by atoms with Gasteiger partial charge in [-0.25, -0.2) is 0 Å². The molecule has 1 aliphatic heterocycles. The van der Waals surface area contributed by atoms with Crippen molar-refractivity contribution in [3.05, 3.63) is 57.7 Å². The van der Waals surface area contributed by atoms with Gasteiger partial charge < -0.3 is 9.64 Å². The van der Waals surface area contributed by atoms with E-state index in [9.17, 15) is 0 Å². The number of benzene rings is 2. The Labute approximate surface area is 164 Å². The lowest BCUT2D eigenvalue weighted by atomic mass is 10.1. The second-order valence-corrected chi connectivity index (χ2v) is 8.28. The van der Waals surface area contributed by atoms with Crippen LogP contribution in [0.4, 0.5) is 5.69 Å². The molecule has 0 radical (unpaired) electrons. The summed E-state index contributed by atoms with van der Waals surface area (Å²) in [5.74, 6) is 2.62. The second kappa shape index (κ2) is 7.54. The highest BCUT2D eigenvalue weighted by molar-refractivity contribution is 14.1. The first-order valence-corrected chi connectivity index (χ1v) is 10.2. The maximum absolute atomic E-state index is 5.47. The molecule has 2 aliphatic rings. The normalized spacial score (nSPS) is 23.5. The van der Waals surface area contributed by atoms with E-state index in [0.717, 1.165) is 43.8 Å². The quantitative estimate of drug-likeness (QED) is 0.637. The van der Waals surface area contributed by atoms with Crippen molar-refractivity contribution in [1.29, 1.82) is 0 Å². The minimum Gasteiger partial charge on any atom is -0.496 e. The van der Waals surface area contributed by atoms with E-state index in [4.69, 9.17) is 4.74 Å². The minimum absolute atomic E-state index is 0.791. The lowest BCUT2D eigenvalue weighted by molar-refractivity contribution is 0.246. The van der Waals surface area contributed by atoms with Crippen molar-refractivity contribution in [3.8, 4) is 5.75 Å². The molecule has 0 aromatic heterocycles. The summed E-state index contributed by atoms with van der Waals surface area (Å²) in [6.07, 6.45) is 1.36. The number of hydrogen-bond acceptors (Lipinski definition) is 3. The van der Waals surface area contributed by atoms with Gasteiger partial charge in [-0.05, 0) is 58.5 Å². The molecule has 25 heavy (non-hydrogen) atoms. The molecule has 4 heteroatoms. The van der Waals surface area contributed by atoms with Crippen LogP contribution in [0.3, 0.4) is 0 Å². The fourth-order valence-corrected chi connectivity index (χ4v) is 4.48. The van der Waals surface area contributed by atoms with E-state index < -0.39 is 0 Å². The Morgan fingerprint density at radius 2 is 1.80 bits per heavy atom. The highest BCUT2D eigenvalue weighted by Crippen LogP contribution is 2.47. The van der Waals surface area contributed by atoms with Gasteiger partial charge in [0.1, 0.15) is 5.75 Å². The van der Waals surface area contributed by atoms with Gasteiger partial charge in [0.2, 0.25) is 0 Å². The van der Waals surface area contributed by atoms with E-state index in [2.05, 4.69) is 80.9 Å². The highest BCUT2D eigenvalue weighted by atomic mass is 127. The number of nitrogens with zero attached hydrogens (tertiary/aromatic N) is 2. The zero-order valence-corrected chi connectivity index (χ0v) is 16.9. The molecule has 4 rings (SSSR count). The van der Waals surface area contributed by atoms with Crippen molar-refractivity contribution in [2.75, 3.05) is 44.7 Å². The molecule has 0 bridgehead atoms. The molecule has 1 saturated heterocycles. The molecule has 0 spiro atoms. The molecular formula is C21H25IN2O. The molecule has 2 atom stereocenters. The molecule has 1 heterocycles. The summed E-state index contributed by atoms with van der Waals surface area (Å²) in [6, 6.07) is 17.5. The summed E-state index contributed by atoms with van der Waals surface area (Å²) >= 11 is 2.33. The molecule has 2 aromatic carbocycles. The molecule has 0 unspecified atom stereocenters. The van der Waals surface area contributed by atoms with E-state index in [1.54, 1.807) is 7.11 Å². The Morgan fingerprint density at radius 1 is 1.04 bits per heavy atom. The number of halogens is 1. The van der Waals surface area contributed by atoms with Gasteiger partial charge in [0, 0.05) is 44.5 Å². The molecule has 0 amide bonds. The Balaban J connectivity index is 1.29. The standard InChI is InChI=1S/C21H25IN2O/c1-25-21-14-18(7-8-20(21)22)24-11-9-23(10-12-24)15-17-13-19(17)16-5-3-2-4-6-16/h2-8,14,17,19H,9-13,15H2,1H3/t17-,19-/m1/s1. The van der Waals surface area contributed by atoms with E-state index in [1.165, 1.54) is 27.8 Å². The van der Waals surface area contributed by atoms with Crippen LogP contribution in [0.15, 0.2) is 48.5 Å². The van der Waals surface area contributed by atoms with Crippen molar-refractivity contribution in [3.63, 3.8) is 0 Å². The minimum atomic E-state index is 0.791. The summed E-state index contributed by atoms with van der Waals surface area (Å²) in [5.41, 5.74) is 2.81. The monoisotopic (exact) mass is 448 g/mol. The van der Waals surface area contributed by atoms with Gasteiger partial charge in [-0.1, -0.05) is 30.3 Å². The van der Waals surface area contributed by atoms with E-state index >= 15 is 0 Å². The van der Waals surface area contributed by atoms with Crippen molar-refractivity contribution >= 4 is 28.3 Å². The van der Waals surface area contributed by atoms with Gasteiger partial charge >= 0.3 is 0 Å². The Bertz CT molecular complexity index is 713. The molecule has 2 aromatic rings. The first kappa shape index (κ1) is 17.2. The fourth-order valence-electron chi connectivity index (χ4n) is 3.92. The summed E-state index contributed by atoms with van der Waals surface area (Å²) in [7, 11) is 1.75. The third-order valence-corrected chi connectivity index (χ3v) is 6.41. The van der Waals surface area contributed by atoms with Crippen molar-refractivity contribution in [1.82, 2.24) is 4.90 Å². The summed E-state index contributed by atoms with van der Waals surface area (Å²) in [5, 5.41) is 0. The molecule has 132 valence electrons. The van der Waals surface area contributed by atoms with Crippen LogP contribution in [-0.2, 0) is 0 Å². The van der Waals surface area contributed by atoms with Crippen LogP contribution >= 0.6 is 22.6 Å². The lowest BCUT2D eigenvalue weighted by Crippen LogP contribution is -2.47. The van der Waals surface area contributed by atoms with Crippen LogP contribution < -0.4 is 9.64 Å². The zero-order chi connectivity index (χ0) is 17.2. The van der Waals surface area contributed by atoms with Gasteiger partial charge in [0.25, 0.3) is 0 Å². The maximum Gasteiger partial charge on any atom is 0.134 e. The zero-order valence-electron chi connectivity index (χ0n) is 14.7. The Morgan fingerprint density at radius 3 is 2.52 bits per heavy atom. The number of rotatable bonds is 5. The number of anilines is 1. The van der Waals surface area contributed by atoms with Crippen molar-refractivity contribution in [2.24, 2.45) is 5.92 Å². The topological polar surface area (TPSA) is 15.7 Å². The van der Waals surface area contributed by atoms with E-state index in [-0.39, 0.29) is 0 Å². The molecular weight excluding hydrogens is 423 g/mol. The molecule has 0 N–H and O–H groups in total. The average molecular weight is 448 g/mol. The summed E-state index contributed by atoms with van der Waals surface area (Å²) in [4.78, 5) is 5.13. The molecule has 1 saturated carbocycles. The summed E-state index contributed by atoms with van der Waals surface area (Å²) in [6.45, 7) is 5.78. The van der Waals surface area contributed by atoms with Crippen LogP contribution in [0.2, 0.25) is 0 Å². The predicted octanol–water partition coefficient (Wildman–Crippen LogP) is 4.23. The van der Waals surface area contributed by atoms with Gasteiger partial charge in [-0.15, -0.1) is 0 Å². The smallest absolute Gasteiger partial charge is 0.134 e. The number of hydrogen-bond donors (Lipinski definition) is 0. The van der Waals surface area contributed by atoms with E-state index in [1.807, 2.05) is 0 Å². The second-order valence-electron chi connectivity index (χ2n) is 7.12. The van der Waals surface area contributed by atoms with Crippen molar-refractivity contribution < 1.29 is 4.74 Å². The number of piperazine rings is 1. The van der Waals surface area contributed by atoms with Crippen LogP contribution in [-0.4, -0.2) is 44.7 Å². The number of methoxy groups -OCH3 is 1. The maximum atomic E-state index is 5.47.